The molecule has 0 bridgehead atoms. The second-order valence-electron chi connectivity index (χ2n) is 2.48. The number of anilines is 1. The molecular formula is C8H6NO4. The van der Waals surface area contributed by atoms with Gasteiger partial charge < -0.3 is 9.47 Å². The molecule has 67 valence electrons. The Kier molecular flexibility index (Phi) is 1.70. The summed E-state index contributed by atoms with van der Waals surface area (Å²) in [6.45, 7) is 0.171. The van der Waals surface area contributed by atoms with Gasteiger partial charge >= 0.3 is 6.09 Å². The highest BCUT2D eigenvalue weighted by Gasteiger charge is 2.13. The molecule has 0 aromatic heterocycles. The Morgan fingerprint density at radius 2 is 2.08 bits per heavy atom. The molecule has 0 spiro atoms. The fourth-order valence-electron chi connectivity index (χ4n) is 1.09. The van der Waals surface area contributed by atoms with Crippen LogP contribution in [0.2, 0.25) is 0 Å². The minimum absolute atomic E-state index is 0.171. The van der Waals surface area contributed by atoms with Crippen molar-refractivity contribution in [1.82, 2.24) is 0 Å². The van der Waals surface area contributed by atoms with Gasteiger partial charge in [-0.05, 0) is 12.1 Å². The predicted octanol–water partition coefficient (Wildman–Crippen LogP) is 1.38. The Labute approximate surface area is 73.9 Å². The number of benzene rings is 1. The summed E-state index contributed by atoms with van der Waals surface area (Å²) >= 11 is 0. The van der Waals surface area contributed by atoms with E-state index in [1.165, 1.54) is 6.07 Å². The molecule has 1 amide bonds. The lowest BCUT2D eigenvalue weighted by Gasteiger charge is -2.00. The monoisotopic (exact) mass is 180 g/mol. The standard InChI is InChI=1S/C8H6NO4/c10-8(11)9-5-1-2-6-7(3-5)13-4-12-6/h1-3,9H,4H2. The lowest BCUT2D eigenvalue weighted by Crippen LogP contribution is -2.05. The number of hydrogen-bond donors (Lipinski definition) is 1. The number of amides is 1. The number of fused-ring (bicyclic) bond motifs is 1. The molecule has 1 aromatic rings. The van der Waals surface area contributed by atoms with Crippen LogP contribution in [0.1, 0.15) is 0 Å². The first-order valence-electron chi connectivity index (χ1n) is 3.63. The van der Waals surface area contributed by atoms with Gasteiger partial charge in [-0.3, -0.25) is 5.32 Å². The first-order valence-corrected chi connectivity index (χ1v) is 3.63. The molecule has 0 saturated heterocycles. The molecule has 1 radical (unpaired) electrons. The number of nitrogens with one attached hydrogen (secondary N) is 1. The topological polar surface area (TPSA) is 67.5 Å². The maximum absolute atomic E-state index is 10.2. The van der Waals surface area contributed by atoms with Crippen molar-refractivity contribution in [2.24, 2.45) is 0 Å². The van der Waals surface area contributed by atoms with Crippen LogP contribution < -0.4 is 14.8 Å². The third-order valence-electron chi connectivity index (χ3n) is 1.62. The van der Waals surface area contributed by atoms with Crippen LogP contribution in [-0.4, -0.2) is 12.9 Å². The fourth-order valence-corrected chi connectivity index (χ4v) is 1.09. The summed E-state index contributed by atoms with van der Waals surface area (Å²) in [7, 11) is 0. The molecule has 2 rings (SSSR count). The van der Waals surface area contributed by atoms with E-state index in [9.17, 15) is 9.90 Å². The molecule has 5 nitrogen and oxygen atoms in total. The van der Waals surface area contributed by atoms with E-state index in [1.54, 1.807) is 12.1 Å². The van der Waals surface area contributed by atoms with Gasteiger partial charge in [0.05, 0.1) is 0 Å². The van der Waals surface area contributed by atoms with E-state index in [2.05, 4.69) is 5.32 Å². The highest BCUT2D eigenvalue weighted by atomic mass is 16.7. The lowest BCUT2D eigenvalue weighted by molar-refractivity contribution is 0.174. The Morgan fingerprint density at radius 1 is 1.31 bits per heavy atom. The molecule has 1 N–H and O–H groups in total. The second-order valence-corrected chi connectivity index (χ2v) is 2.48. The van der Waals surface area contributed by atoms with Crippen molar-refractivity contribution in [2.45, 2.75) is 0 Å². The molecule has 1 aliphatic rings. The van der Waals surface area contributed by atoms with E-state index >= 15 is 0 Å². The van der Waals surface area contributed by atoms with Crippen LogP contribution in [0.4, 0.5) is 10.5 Å². The molecule has 0 unspecified atom stereocenters. The SMILES string of the molecule is [O]C(=O)Nc1ccc2c(c1)OCO2. The molecule has 0 fully saturated rings. The molecule has 1 aliphatic heterocycles. The molecular weight excluding hydrogens is 174 g/mol. The maximum Gasteiger partial charge on any atom is 0.454 e. The highest BCUT2D eigenvalue weighted by molar-refractivity contribution is 5.83. The third kappa shape index (κ3) is 1.48. The van der Waals surface area contributed by atoms with E-state index in [4.69, 9.17) is 9.47 Å². The Bertz CT molecular complexity index is 350. The average Bonchev–Trinajstić information content (AvgIpc) is 2.49. The van der Waals surface area contributed by atoms with Crippen molar-refractivity contribution in [3.8, 4) is 11.5 Å². The lowest BCUT2D eigenvalue weighted by atomic mass is 10.3. The Hall–Kier alpha value is -1.91. The van der Waals surface area contributed by atoms with Gasteiger partial charge in [0, 0.05) is 11.8 Å². The number of hydrogen-bond acceptors (Lipinski definition) is 3. The second kappa shape index (κ2) is 2.85. The van der Waals surface area contributed by atoms with Gasteiger partial charge in [0.2, 0.25) is 6.79 Å². The summed E-state index contributed by atoms with van der Waals surface area (Å²) in [5, 5.41) is 12.3. The largest absolute Gasteiger partial charge is 0.454 e. The van der Waals surface area contributed by atoms with Gasteiger partial charge in [0.25, 0.3) is 0 Å². The molecule has 1 heterocycles. The van der Waals surface area contributed by atoms with Gasteiger partial charge in [0.15, 0.2) is 11.5 Å². The van der Waals surface area contributed by atoms with E-state index < -0.39 is 6.09 Å². The zero-order valence-corrected chi connectivity index (χ0v) is 6.57. The summed E-state index contributed by atoms with van der Waals surface area (Å²) in [4.78, 5) is 10.2. The minimum atomic E-state index is -1.35. The summed E-state index contributed by atoms with van der Waals surface area (Å²) in [6.07, 6.45) is -1.35. The van der Waals surface area contributed by atoms with Crippen molar-refractivity contribution in [3.63, 3.8) is 0 Å². The number of carbonyl (C=O) groups is 1. The van der Waals surface area contributed by atoms with Gasteiger partial charge in [-0.2, -0.15) is 0 Å². The van der Waals surface area contributed by atoms with Crippen LogP contribution >= 0.6 is 0 Å². The zero-order chi connectivity index (χ0) is 9.26. The van der Waals surface area contributed by atoms with E-state index in [0.29, 0.717) is 17.2 Å². The Morgan fingerprint density at radius 3 is 2.85 bits per heavy atom. The molecule has 0 saturated carbocycles. The van der Waals surface area contributed by atoms with Crippen LogP contribution in [-0.2, 0) is 5.11 Å². The van der Waals surface area contributed by atoms with E-state index in [1.807, 2.05) is 0 Å². The van der Waals surface area contributed by atoms with Crippen molar-refractivity contribution in [2.75, 3.05) is 12.1 Å². The van der Waals surface area contributed by atoms with Crippen LogP contribution in [0.3, 0.4) is 0 Å². The fraction of sp³-hybridized carbons (Fsp3) is 0.125. The van der Waals surface area contributed by atoms with Crippen molar-refractivity contribution in [1.29, 1.82) is 0 Å². The average molecular weight is 180 g/mol. The zero-order valence-electron chi connectivity index (χ0n) is 6.57. The number of ether oxygens (including phenoxy) is 2. The Balaban J connectivity index is 2.25. The maximum atomic E-state index is 10.2. The highest BCUT2D eigenvalue weighted by Crippen LogP contribution is 2.34. The first kappa shape index (κ1) is 7.72. The smallest absolute Gasteiger partial charge is 0.454 e. The van der Waals surface area contributed by atoms with Gasteiger partial charge in [-0.1, -0.05) is 0 Å². The normalized spacial score (nSPS) is 12.6. The molecule has 13 heavy (non-hydrogen) atoms. The van der Waals surface area contributed by atoms with E-state index in [-0.39, 0.29) is 6.79 Å². The van der Waals surface area contributed by atoms with Crippen molar-refractivity contribution >= 4 is 11.8 Å². The van der Waals surface area contributed by atoms with Crippen LogP contribution in [0.15, 0.2) is 18.2 Å². The summed E-state index contributed by atoms with van der Waals surface area (Å²) in [5.41, 5.74) is 0.407. The third-order valence-corrected chi connectivity index (χ3v) is 1.62. The number of carbonyl (C=O) groups excluding carboxylic acids is 1. The predicted molar refractivity (Wildman–Crippen MR) is 42.3 cm³/mol. The van der Waals surface area contributed by atoms with Crippen molar-refractivity contribution in [3.05, 3.63) is 18.2 Å². The number of rotatable bonds is 1. The molecule has 0 atom stereocenters. The quantitative estimate of drug-likeness (QED) is 0.709. The van der Waals surface area contributed by atoms with Gasteiger partial charge in [-0.25, -0.2) is 9.90 Å². The van der Waals surface area contributed by atoms with Gasteiger partial charge in [0.1, 0.15) is 0 Å². The van der Waals surface area contributed by atoms with E-state index in [0.717, 1.165) is 0 Å². The van der Waals surface area contributed by atoms with Crippen molar-refractivity contribution < 1.29 is 19.4 Å². The summed E-state index contributed by atoms with van der Waals surface area (Å²) < 4.78 is 10.1. The first-order chi connectivity index (χ1) is 6.25. The van der Waals surface area contributed by atoms with Crippen LogP contribution in [0, 0.1) is 0 Å². The summed E-state index contributed by atoms with van der Waals surface area (Å²) in [6, 6.07) is 4.75. The van der Waals surface area contributed by atoms with Gasteiger partial charge in [-0.15, -0.1) is 0 Å². The van der Waals surface area contributed by atoms with Crippen LogP contribution in [0.25, 0.3) is 0 Å². The molecule has 0 aliphatic carbocycles. The molecule has 5 heteroatoms. The van der Waals surface area contributed by atoms with Crippen LogP contribution in [0.5, 0.6) is 11.5 Å². The minimum Gasteiger partial charge on any atom is -0.454 e. The summed E-state index contributed by atoms with van der Waals surface area (Å²) in [5.74, 6) is 1.15. The molecule has 1 aromatic carbocycles.